The number of rotatable bonds is 2. The predicted molar refractivity (Wildman–Crippen MR) is 219 cm³/mol. The van der Waals surface area contributed by atoms with E-state index in [-0.39, 0.29) is 0 Å². The molecule has 0 atom stereocenters. The lowest BCUT2D eigenvalue weighted by atomic mass is 9.89. The van der Waals surface area contributed by atoms with E-state index in [2.05, 4.69) is 168 Å². The first kappa shape index (κ1) is 27.4. The Labute approximate surface area is 296 Å². The minimum absolute atomic E-state index is 0.904. The molecular weight excluding hydrogens is 639 g/mol. The topological polar surface area (TPSA) is 18.1 Å². The molecule has 0 aliphatic rings. The second-order valence-electron chi connectivity index (χ2n) is 13.5. The number of hydrogen-bond acceptors (Lipinski definition) is 2. The van der Waals surface area contributed by atoms with E-state index in [0.717, 1.165) is 33.3 Å². The first-order chi connectivity index (χ1) is 25.3. The van der Waals surface area contributed by atoms with E-state index < -0.39 is 0 Å². The molecule has 0 unspecified atom stereocenters. The van der Waals surface area contributed by atoms with Crippen molar-refractivity contribution in [3.05, 3.63) is 164 Å². The molecule has 0 radical (unpaired) electrons. The minimum atomic E-state index is 0.904. The molecule has 3 heteroatoms. The Hall–Kier alpha value is -6.42. The summed E-state index contributed by atoms with van der Waals surface area (Å²) >= 11 is 1.86. The van der Waals surface area contributed by atoms with Crippen LogP contribution in [0.15, 0.2) is 168 Å². The van der Waals surface area contributed by atoms with Crippen molar-refractivity contribution >= 4 is 108 Å². The van der Waals surface area contributed by atoms with Crippen molar-refractivity contribution in [1.82, 2.24) is 4.57 Å². The zero-order valence-corrected chi connectivity index (χ0v) is 28.2. The largest absolute Gasteiger partial charge is 0.454 e. The smallest absolute Gasteiger partial charge is 0.160 e. The minimum Gasteiger partial charge on any atom is -0.454 e. The molecule has 0 saturated heterocycles. The first-order valence-electron chi connectivity index (χ1n) is 17.4. The summed E-state index contributed by atoms with van der Waals surface area (Å²) in [4.78, 5) is 0. The predicted octanol–water partition coefficient (Wildman–Crippen LogP) is 14.2. The summed E-state index contributed by atoms with van der Waals surface area (Å²) < 4.78 is 12.1. The quantitative estimate of drug-likeness (QED) is 0.168. The van der Waals surface area contributed by atoms with Crippen LogP contribution in [0.2, 0.25) is 0 Å². The molecule has 12 rings (SSSR count). The molecule has 3 aromatic heterocycles. The molecule has 0 spiro atoms. The van der Waals surface area contributed by atoms with Crippen molar-refractivity contribution in [2.75, 3.05) is 0 Å². The Balaban J connectivity index is 1.24. The Morgan fingerprint density at radius 3 is 1.75 bits per heavy atom. The van der Waals surface area contributed by atoms with Crippen LogP contribution in [0.3, 0.4) is 0 Å². The van der Waals surface area contributed by atoms with Crippen molar-refractivity contribution in [1.29, 1.82) is 0 Å². The molecular formula is C48H27NOS. The number of furan rings is 1. The van der Waals surface area contributed by atoms with Gasteiger partial charge in [0.2, 0.25) is 0 Å². The van der Waals surface area contributed by atoms with E-state index in [1.54, 1.807) is 0 Å². The highest BCUT2D eigenvalue weighted by Crippen LogP contribution is 2.50. The second kappa shape index (κ2) is 10.1. The molecule has 0 N–H and O–H groups in total. The standard InChI is InChI=1S/C48H27NOS/c1-3-14-33-31(12-1)32-13-2-4-15-34(32)44-43(33)45-35-16-5-8-20-38(35)49(47(45)48-46(44)36-17-6-9-21-39(36)50-48)29-26-24-28(25-27-29)30-19-11-23-41-42(30)37-18-7-10-22-40(37)51-41/h1-27H. The molecule has 2 nitrogen and oxygen atoms in total. The van der Waals surface area contributed by atoms with Crippen LogP contribution in [0, 0.1) is 0 Å². The number of thiophene rings is 1. The fourth-order valence-electron chi connectivity index (χ4n) is 8.90. The Kier molecular flexibility index (Phi) is 5.41. The van der Waals surface area contributed by atoms with Crippen LogP contribution in [0.25, 0.3) is 113 Å². The monoisotopic (exact) mass is 665 g/mol. The maximum Gasteiger partial charge on any atom is 0.160 e. The van der Waals surface area contributed by atoms with Crippen LogP contribution in [-0.4, -0.2) is 4.57 Å². The average molecular weight is 666 g/mol. The van der Waals surface area contributed by atoms with Gasteiger partial charge in [-0.15, -0.1) is 11.3 Å². The summed E-state index contributed by atoms with van der Waals surface area (Å²) in [5.74, 6) is 0. The fraction of sp³-hybridized carbons (Fsp3) is 0. The molecule has 0 saturated carbocycles. The van der Waals surface area contributed by atoms with Gasteiger partial charge < -0.3 is 8.98 Å². The highest BCUT2D eigenvalue weighted by atomic mass is 32.1. The zero-order valence-electron chi connectivity index (χ0n) is 27.4. The Morgan fingerprint density at radius 2 is 0.980 bits per heavy atom. The molecule has 9 aromatic carbocycles. The van der Waals surface area contributed by atoms with E-state index in [0.29, 0.717) is 0 Å². The summed E-state index contributed by atoms with van der Waals surface area (Å²) in [7, 11) is 0. The van der Waals surface area contributed by atoms with Gasteiger partial charge in [0.1, 0.15) is 5.58 Å². The lowest BCUT2D eigenvalue weighted by Crippen LogP contribution is -1.95. The summed E-state index contributed by atoms with van der Waals surface area (Å²) in [6.07, 6.45) is 0. The van der Waals surface area contributed by atoms with Crippen LogP contribution < -0.4 is 0 Å². The van der Waals surface area contributed by atoms with Crippen LogP contribution >= 0.6 is 11.3 Å². The van der Waals surface area contributed by atoms with Gasteiger partial charge in [0, 0.05) is 58.2 Å². The third-order valence-corrected chi connectivity index (χ3v) is 12.1. The number of aromatic nitrogens is 1. The van der Waals surface area contributed by atoms with E-state index in [1.165, 1.54) is 79.8 Å². The lowest BCUT2D eigenvalue weighted by molar-refractivity contribution is 0.671. The fourth-order valence-corrected chi connectivity index (χ4v) is 10.0. The van der Waals surface area contributed by atoms with E-state index in [1.807, 2.05) is 11.3 Å². The zero-order chi connectivity index (χ0) is 33.2. The molecule has 0 amide bonds. The average Bonchev–Trinajstić information content (AvgIpc) is 3.88. The van der Waals surface area contributed by atoms with Crippen molar-refractivity contribution in [2.24, 2.45) is 0 Å². The van der Waals surface area contributed by atoms with Gasteiger partial charge in [-0.3, -0.25) is 0 Å². The van der Waals surface area contributed by atoms with E-state index in [4.69, 9.17) is 4.42 Å². The van der Waals surface area contributed by atoms with Gasteiger partial charge >= 0.3 is 0 Å². The number of benzene rings is 9. The van der Waals surface area contributed by atoms with Crippen molar-refractivity contribution in [3.63, 3.8) is 0 Å². The Morgan fingerprint density at radius 1 is 0.392 bits per heavy atom. The van der Waals surface area contributed by atoms with Crippen LogP contribution in [0.1, 0.15) is 0 Å². The maximum atomic E-state index is 6.98. The van der Waals surface area contributed by atoms with Gasteiger partial charge in [0.15, 0.2) is 5.58 Å². The molecule has 12 aromatic rings. The molecule has 3 heterocycles. The molecule has 0 fully saturated rings. The van der Waals surface area contributed by atoms with Crippen LogP contribution in [0.4, 0.5) is 0 Å². The Bertz CT molecular complexity index is 3410. The first-order valence-corrected chi connectivity index (χ1v) is 18.3. The summed E-state index contributed by atoms with van der Waals surface area (Å²) in [5.41, 5.74) is 7.69. The van der Waals surface area contributed by atoms with Crippen molar-refractivity contribution in [3.8, 4) is 16.8 Å². The third-order valence-electron chi connectivity index (χ3n) is 11.0. The lowest BCUT2D eigenvalue weighted by Gasteiger charge is -2.14. The van der Waals surface area contributed by atoms with Gasteiger partial charge in [0.05, 0.1) is 11.0 Å². The van der Waals surface area contributed by atoms with Gasteiger partial charge in [0.25, 0.3) is 0 Å². The van der Waals surface area contributed by atoms with Gasteiger partial charge in [-0.1, -0.05) is 127 Å². The van der Waals surface area contributed by atoms with Crippen LogP contribution in [-0.2, 0) is 0 Å². The van der Waals surface area contributed by atoms with E-state index in [9.17, 15) is 0 Å². The SMILES string of the molecule is c1ccc2c(c1)oc1c2c2c3ccccc3c3ccccc3c2c2c3ccccc3n(-c3ccc(-c4cccc5sc6ccccc6c45)cc3)c12. The summed E-state index contributed by atoms with van der Waals surface area (Å²) in [6.45, 7) is 0. The van der Waals surface area contributed by atoms with Crippen LogP contribution in [0.5, 0.6) is 0 Å². The third kappa shape index (κ3) is 3.60. The van der Waals surface area contributed by atoms with Gasteiger partial charge in [-0.2, -0.15) is 0 Å². The number of hydrogen-bond donors (Lipinski definition) is 0. The molecule has 0 aliphatic carbocycles. The molecule has 51 heavy (non-hydrogen) atoms. The maximum absolute atomic E-state index is 6.98. The number of para-hydroxylation sites is 2. The highest BCUT2D eigenvalue weighted by molar-refractivity contribution is 7.25. The summed E-state index contributed by atoms with van der Waals surface area (Å²) in [5, 5.41) is 15.0. The van der Waals surface area contributed by atoms with Crippen molar-refractivity contribution < 1.29 is 4.42 Å². The highest BCUT2D eigenvalue weighted by Gasteiger charge is 2.25. The normalized spacial score (nSPS) is 12.3. The molecule has 0 aliphatic heterocycles. The van der Waals surface area contributed by atoms with Gasteiger partial charge in [-0.25, -0.2) is 0 Å². The number of fused-ring (bicyclic) bond motifs is 18. The number of nitrogens with zero attached hydrogens (tertiary/aromatic N) is 1. The van der Waals surface area contributed by atoms with Crippen molar-refractivity contribution in [2.45, 2.75) is 0 Å². The van der Waals surface area contributed by atoms with Gasteiger partial charge in [-0.05, 0) is 69.1 Å². The molecule has 0 bridgehead atoms. The van der Waals surface area contributed by atoms with E-state index >= 15 is 0 Å². The summed E-state index contributed by atoms with van der Waals surface area (Å²) in [6, 6.07) is 59.7. The molecule has 236 valence electrons. The second-order valence-corrected chi connectivity index (χ2v) is 14.6.